The maximum atomic E-state index is 12.7. The Kier molecular flexibility index (Phi) is 4.35. The van der Waals surface area contributed by atoms with E-state index in [1.54, 1.807) is 0 Å². The first-order valence-electron chi connectivity index (χ1n) is 6.29. The molecule has 8 heteroatoms. The highest BCUT2D eigenvalue weighted by molar-refractivity contribution is 5.98. The molecule has 2 aromatic carbocycles. The zero-order valence-corrected chi connectivity index (χ0v) is 11.8. The first kappa shape index (κ1) is 16.5. The number of hydrogen-bond acceptors (Lipinski definition) is 4. The van der Waals surface area contributed by atoms with Crippen LogP contribution in [0.15, 0.2) is 42.5 Å². The molecule has 120 valence electrons. The van der Waals surface area contributed by atoms with Gasteiger partial charge in [0.1, 0.15) is 0 Å². The van der Waals surface area contributed by atoms with Gasteiger partial charge >= 0.3 is 12.1 Å². The standard InChI is InChI=1S/C15H10F3NO4/c1-23-14(20)12-5-3-2-4-10(12)11-7-6-9(15(16,17)18)8-13(11)19(21)22/h2-8H,1H3. The number of hydrogen-bond donors (Lipinski definition) is 0. The Hall–Kier alpha value is -2.90. The summed E-state index contributed by atoms with van der Waals surface area (Å²) in [4.78, 5) is 22.0. The number of halogens is 3. The summed E-state index contributed by atoms with van der Waals surface area (Å²) in [6.45, 7) is 0. The normalized spacial score (nSPS) is 11.1. The zero-order chi connectivity index (χ0) is 17.2. The molecule has 0 unspecified atom stereocenters. The number of carbonyl (C=O) groups is 1. The smallest absolute Gasteiger partial charge is 0.416 e. The minimum atomic E-state index is -4.70. The predicted molar refractivity (Wildman–Crippen MR) is 74.9 cm³/mol. The van der Waals surface area contributed by atoms with Crippen LogP contribution in [0, 0.1) is 10.1 Å². The number of benzene rings is 2. The van der Waals surface area contributed by atoms with Crippen molar-refractivity contribution in [2.45, 2.75) is 6.18 Å². The number of nitro groups is 1. The number of rotatable bonds is 3. The van der Waals surface area contributed by atoms with E-state index in [1.807, 2.05) is 0 Å². The molecule has 0 spiro atoms. The van der Waals surface area contributed by atoms with E-state index in [4.69, 9.17) is 0 Å². The monoisotopic (exact) mass is 325 g/mol. The summed E-state index contributed by atoms with van der Waals surface area (Å²) in [7, 11) is 1.14. The lowest BCUT2D eigenvalue weighted by Crippen LogP contribution is -2.07. The van der Waals surface area contributed by atoms with Gasteiger partial charge in [-0.3, -0.25) is 10.1 Å². The Morgan fingerprint density at radius 3 is 2.35 bits per heavy atom. The van der Waals surface area contributed by atoms with Gasteiger partial charge < -0.3 is 4.74 Å². The third-order valence-corrected chi connectivity index (χ3v) is 3.14. The third kappa shape index (κ3) is 3.31. The van der Waals surface area contributed by atoms with E-state index >= 15 is 0 Å². The number of nitro benzene ring substituents is 1. The van der Waals surface area contributed by atoms with Crippen molar-refractivity contribution < 1.29 is 27.6 Å². The van der Waals surface area contributed by atoms with Gasteiger partial charge in [0.15, 0.2) is 0 Å². The zero-order valence-electron chi connectivity index (χ0n) is 11.8. The van der Waals surface area contributed by atoms with E-state index in [-0.39, 0.29) is 16.7 Å². The number of alkyl halides is 3. The lowest BCUT2D eigenvalue weighted by molar-refractivity contribution is -0.384. The molecule has 5 nitrogen and oxygen atoms in total. The Balaban J connectivity index is 2.70. The molecule has 0 aliphatic carbocycles. The van der Waals surface area contributed by atoms with Gasteiger partial charge in [-0.25, -0.2) is 4.79 Å². The average Bonchev–Trinajstić information content (AvgIpc) is 2.52. The molecule has 0 saturated carbocycles. The van der Waals surface area contributed by atoms with Gasteiger partial charge in [-0.05, 0) is 18.2 Å². The quantitative estimate of drug-likeness (QED) is 0.484. The summed E-state index contributed by atoms with van der Waals surface area (Å²) in [6, 6.07) is 7.97. The highest BCUT2D eigenvalue weighted by atomic mass is 19.4. The van der Waals surface area contributed by atoms with E-state index in [1.165, 1.54) is 24.3 Å². The van der Waals surface area contributed by atoms with Crippen LogP contribution in [-0.4, -0.2) is 18.0 Å². The van der Waals surface area contributed by atoms with E-state index in [0.29, 0.717) is 6.07 Å². The molecule has 0 fully saturated rings. The second-order valence-electron chi connectivity index (χ2n) is 4.52. The number of methoxy groups -OCH3 is 1. The number of ether oxygens (including phenoxy) is 1. The van der Waals surface area contributed by atoms with Gasteiger partial charge in [0.25, 0.3) is 5.69 Å². The van der Waals surface area contributed by atoms with Crippen LogP contribution >= 0.6 is 0 Å². The van der Waals surface area contributed by atoms with Crippen LogP contribution in [0.5, 0.6) is 0 Å². The molecule has 0 radical (unpaired) electrons. The van der Waals surface area contributed by atoms with E-state index in [0.717, 1.165) is 19.2 Å². The lowest BCUT2D eigenvalue weighted by Gasteiger charge is -2.11. The molecule has 23 heavy (non-hydrogen) atoms. The molecule has 0 aliphatic heterocycles. The van der Waals surface area contributed by atoms with Crippen molar-refractivity contribution >= 4 is 11.7 Å². The summed E-state index contributed by atoms with van der Waals surface area (Å²) in [6.07, 6.45) is -4.70. The first-order valence-corrected chi connectivity index (χ1v) is 6.29. The van der Waals surface area contributed by atoms with Gasteiger partial charge in [-0.15, -0.1) is 0 Å². The van der Waals surface area contributed by atoms with Crippen LogP contribution in [0.2, 0.25) is 0 Å². The van der Waals surface area contributed by atoms with Crippen molar-refractivity contribution in [2.24, 2.45) is 0 Å². The maximum absolute atomic E-state index is 12.7. The van der Waals surface area contributed by atoms with Crippen LogP contribution in [0.4, 0.5) is 18.9 Å². The topological polar surface area (TPSA) is 69.4 Å². The molecule has 2 rings (SSSR count). The van der Waals surface area contributed by atoms with Gasteiger partial charge in [0.05, 0.1) is 28.7 Å². The van der Waals surface area contributed by atoms with Crippen molar-refractivity contribution in [3.63, 3.8) is 0 Å². The summed E-state index contributed by atoms with van der Waals surface area (Å²) < 4.78 is 42.8. The highest BCUT2D eigenvalue weighted by Gasteiger charge is 2.33. The fourth-order valence-corrected chi connectivity index (χ4v) is 2.09. The predicted octanol–water partition coefficient (Wildman–Crippen LogP) is 4.07. The number of carbonyl (C=O) groups excluding carboxylic acids is 1. The second kappa shape index (κ2) is 6.07. The Bertz CT molecular complexity index is 772. The van der Waals surface area contributed by atoms with Crippen molar-refractivity contribution in [1.29, 1.82) is 0 Å². The van der Waals surface area contributed by atoms with Crippen molar-refractivity contribution in [3.05, 3.63) is 63.7 Å². The average molecular weight is 325 g/mol. The number of esters is 1. The number of nitrogens with zero attached hydrogens (tertiary/aromatic N) is 1. The molecule has 0 aromatic heterocycles. The third-order valence-electron chi connectivity index (χ3n) is 3.14. The van der Waals surface area contributed by atoms with Crippen molar-refractivity contribution in [3.8, 4) is 11.1 Å². The molecule has 0 aliphatic rings. The molecule has 0 atom stereocenters. The molecular weight excluding hydrogens is 315 g/mol. The van der Waals surface area contributed by atoms with Crippen LogP contribution < -0.4 is 0 Å². The Labute approximate surface area is 128 Å². The summed E-state index contributed by atoms with van der Waals surface area (Å²) >= 11 is 0. The van der Waals surface area contributed by atoms with Gasteiger partial charge in [-0.1, -0.05) is 18.2 Å². The summed E-state index contributed by atoms with van der Waals surface area (Å²) in [5, 5.41) is 11.1. The second-order valence-corrected chi connectivity index (χ2v) is 4.52. The highest BCUT2D eigenvalue weighted by Crippen LogP contribution is 2.38. The minimum absolute atomic E-state index is 0.0258. The SMILES string of the molecule is COC(=O)c1ccccc1-c1ccc(C(F)(F)F)cc1[N+](=O)[O-]. The van der Waals surface area contributed by atoms with Crippen LogP contribution in [0.25, 0.3) is 11.1 Å². The van der Waals surface area contributed by atoms with E-state index < -0.39 is 28.3 Å². The fraction of sp³-hybridized carbons (Fsp3) is 0.133. The summed E-state index contributed by atoms with van der Waals surface area (Å²) in [5.41, 5.74) is -1.82. The van der Waals surface area contributed by atoms with Crippen LogP contribution in [-0.2, 0) is 10.9 Å². The molecule has 0 heterocycles. The Morgan fingerprint density at radius 2 is 1.78 bits per heavy atom. The first-order chi connectivity index (χ1) is 10.8. The maximum Gasteiger partial charge on any atom is 0.416 e. The molecule has 2 aromatic rings. The summed E-state index contributed by atoms with van der Waals surface area (Å²) in [5.74, 6) is -0.741. The Morgan fingerprint density at radius 1 is 1.13 bits per heavy atom. The van der Waals surface area contributed by atoms with E-state index in [2.05, 4.69) is 4.74 Å². The van der Waals surface area contributed by atoms with Crippen molar-refractivity contribution in [2.75, 3.05) is 7.11 Å². The fourth-order valence-electron chi connectivity index (χ4n) is 2.09. The minimum Gasteiger partial charge on any atom is -0.465 e. The van der Waals surface area contributed by atoms with Crippen molar-refractivity contribution in [1.82, 2.24) is 0 Å². The van der Waals surface area contributed by atoms with Gasteiger partial charge in [-0.2, -0.15) is 13.2 Å². The lowest BCUT2D eigenvalue weighted by atomic mass is 9.97. The molecule has 0 amide bonds. The van der Waals surface area contributed by atoms with Gasteiger partial charge in [0, 0.05) is 11.6 Å². The molecule has 0 bridgehead atoms. The molecule has 0 N–H and O–H groups in total. The van der Waals surface area contributed by atoms with E-state index in [9.17, 15) is 28.1 Å². The van der Waals surface area contributed by atoms with Crippen LogP contribution in [0.1, 0.15) is 15.9 Å². The van der Waals surface area contributed by atoms with Gasteiger partial charge in [0.2, 0.25) is 0 Å². The largest absolute Gasteiger partial charge is 0.465 e. The molecule has 0 saturated heterocycles. The van der Waals surface area contributed by atoms with Crippen LogP contribution in [0.3, 0.4) is 0 Å². The molecular formula is C15H10F3NO4.